The molecule has 0 aliphatic carbocycles. The van der Waals surface area contributed by atoms with E-state index in [9.17, 15) is 5.11 Å². The second-order valence-electron chi connectivity index (χ2n) is 7.82. The van der Waals surface area contributed by atoms with Crippen LogP contribution in [0.5, 0.6) is 5.75 Å². The first-order chi connectivity index (χ1) is 9.47. The third-order valence-corrected chi connectivity index (χ3v) is 8.81. The summed E-state index contributed by atoms with van der Waals surface area (Å²) in [4.78, 5) is 0. The number of hydrogen-bond donors (Lipinski definition) is 2. The molecule has 0 radical (unpaired) electrons. The van der Waals surface area contributed by atoms with Crippen molar-refractivity contribution >= 4 is 8.32 Å². The maximum absolute atomic E-state index is 9.18. The summed E-state index contributed by atoms with van der Waals surface area (Å²) in [6.45, 7) is 13.1. The third-order valence-electron chi connectivity index (χ3n) is 4.45. The summed E-state index contributed by atoms with van der Waals surface area (Å²) in [7, 11) is -1.77. The number of rotatable bonds is 6. The van der Waals surface area contributed by atoms with Crippen LogP contribution in [0.25, 0.3) is 0 Å². The Hall–Kier alpha value is -0.843. The van der Waals surface area contributed by atoms with Crippen molar-refractivity contribution in [2.24, 2.45) is 5.73 Å². The minimum absolute atomic E-state index is 0.0135. The molecule has 0 saturated carbocycles. The summed E-state index contributed by atoms with van der Waals surface area (Å²) in [6.07, 6.45) is 1.64. The Balaban J connectivity index is 2.67. The van der Waals surface area contributed by atoms with E-state index in [2.05, 4.69) is 46.0 Å². The van der Waals surface area contributed by atoms with Gasteiger partial charge in [0.25, 0.3) is 0 Å². The number of benzene rings is 1. The first-order valence-corrected chi connectivity index (χ1v) is 10.6. The molecule has 1 atom stereocenters. The second-order valence-corrected chi connectivity index (χ2v) is 12.5. The summed E-state index contributed by atoms with van der Waals surface area (Å²) in [5.41, 5.74) is 6.68. The van der Waals surface area contributed by atoms with Crippen molar-refractivity contribution < 1.29 is 9.53 Å². The predicted molar refractivity (Wildman–Crippen MR) is 92.3 cm³/mol. The van der Waals surface area contributed by atoms with Crippen molar-refractivity contribution in [3.63, 3.8) is 0 Å². The average Bonchev–Trinajstić information content (AvgIpc) is 2.36. The van der Waals surface area contributed by atoms with E-state index in [1.54, 1.807) is 0 Å². The average molecular weight is 310 g/mol. The summed E-state index contributed by atoms with van der Waals surface area (Å²) < 4.78 is 6.26. The van der Waals surface area contributed by atoms with Crippen LogP contribution in [-0.2, 0) is 6.42 Å². The van der Waals surface area contributed by atoms with E-state index in [1.165, 1.54) is 5.56 Å². The maximum Gasteiger partial charge on any atom is 0.250 e. The Kier molecular flexibility index (Phi) is 5.64. The van der Waals surface area contributed by atoms with Gasteiger partial charge in [0.05, 0.1) is 6.61 Å². The van der Waals surface area contributed by atoms with Crippen molar-refractivity contribution in [3.8, 4) is 5.75 Å². The molecule has 3 nitrogen and oxygen atoms in total. The fourth-order valence-corrected chi connectivity index (χ4v) is 2.71. The number of hydrogen-bond acceptors (Lipinski definition) is 3. The van der Waals surface area contributed by atoms with Crippen LogP contribution >= 0.6 is 0 Å². The van der Waals surface area contributed by atoms with Crippen LogP contribution in [0.2, 0.25) is 18.1 Å². The highest BCUT2D eigenvalue weighted by molar-refractivity contribution is 6.74. The molecule has 0 spiro atoms. The molecule has 0 aliphatic heterocycles. The molecule has 3 N–H and O–H groups in total. The second kappa shape index (κ2) is 6.51. The highest BCUT2D eigenvalue weighted by Crippen LogP contribution is 2.37. The van der Waals surface area contributed by atoms with E-state index < -0.39 is 13.9 Å². The van der Waals surface area contributed by atoms with Crippen molar-refractivity contribution in [1.29, 1.82) is 0 Å². The summed E-state index contributed by atoms with van der Waals surface area (Å²) >= 11 is 0. The van der Waals surface area contributed by atoms with Gasteiger partial charge < -0.3 is 15.3 Å². The molecule has 0 aromatic heterocycles. The Morgan fingerprint density at radius 1 is 1.10 bits per heavy atom. The number of aliphatic hydroxyl groups is 1. The monoisotopic (exact) mass is 309 g/mol. The van der Waals surface area contributed by atoms with Gasteiger partial charge in [-0.05, 0) is 55.6 Å². The van der Waals surface area contributed by atoms with Crippen molar-refractivity contribution in [2.45, 2.75) is 64.2 Å². The number of aliphatic hydroxyl groups excluding tert-OH is 1. The smallest absolute Gasteiger partial charge is 0.250 e. The highest BCUT2D eigenvalue weighted by atomic mass is 28.4. The van der Waals surface area contributed by atoms with Gasteiger partial charge in [0.1, 0.15) is 5.75 Å². The minimum atomic E-state index is -1.77. The van der Waals surface area contributed by atoms with E-state index >= 15 is 0 Å². The fraction of sp³-hybridized carbons (Fsp3) is 0.647. The van der Waals surface area contributed by atoms with Crippen LogP contribution < -0.4 is 10.2 Å². The Morgan fingerprint density at radius 2 is 1.62 bits per heavy atom. The van der Waals surface area contributed by atoms with Crippen LogP contribution in [0.3, 0.4) is 0 Å². The van der Waals surface area contributed by atoms with Crippen LogP contribution in [0.1, 0.15) is 39.7 Å². The highest BCUT2D eigenvalue weighted by Gasteiger charge is 2.38. The molecule has 0 unspecified atom stereocenters. The summed E-state index contributed by atoms with van der Waals surface area (Å²) in [6, 6.07) is 8.27. The quantitative estimate of drug-likeness (QED) is 0.788. The lowest BCUT2D eigenvalue weighted by Crippen LogP contribution is -2.43. The molecule has 0 fully saturated rings. The van der Waals surface area contributed by atoms with Gasteiger partial charge in [-0.1, -0.05) is 32.9 Å². The van der Waals surface area contributed by atoms with E-state index in [0.717, 1.165) is 18.6 Å². The minimum Gasteiger partial charge on any atom is -0.544 e. The first-order valence-electron chi connectivity index (χ1n) is 7.65. The lowest BCUT2D eigenvalue weighted by molar-refractivity contribution is 0.200. The molecule has 1 rings (SSSR count). The molecular weight excluding hydrogens is 278 g/mol. The van der Waals surface area contributed by atoms with Gasteiger partial charge in [-0.15, -0.1) is 0 Å². The molecule has 0 saturated heterocycles. The predicted octanol–water partition coefficient (Wildman–Crippen LogP) is 3.71. The van der Waals surface area contributed by atoms with Gasteiger partial charge >= 0.3 is 0 Å². The van der Waals surface area contributed by atoms with Gasteiger partial charge in [-0.25, -0.2) is 0 Å². The van der Waals surface area contributed by atoms with Crippen LogP contribution in [-0.4, -0.2) is 25.6 Å². The molecule has 0 aliphatic rings. The zero-order valence-electron chi connectivity index (χ0n) is 14.4. The van der Waals surface area contributed by atoms with Crippen molar-refractivity contribution in [1.82, 2.24) is 0 Å². The van der Waals surface area contributed by atoms with Crippen molar-refractivity contribution in [3.05, 3.63) is 29.8 Å². The van der Waals surface area contributed by atoms with E-state index in [0.29, 0.717) is 0 Å². The largest absolute Gasteiger partial charge is 0.544 e. The van der Waals surface area contributed by atoms with Crippen LogP contribution in [0, 0.1) is 0 Å². The topological polar surface area (TPSA) is 55.5 Å². The molecule has 1 aromatic rings. The number of aryl methyl sites for hydroxylation is 1. The maximum atomic E-state index is 9.18. The Labute approximate surface area is 130 Å². The van der Waals surface area contributed by atoms with E-state index in [-0.39, 0.29) is 11.6 Å². The normalized spacial score (nSPS) is 15.6. The molecular formula is C17H31NO2Si. The molecule has 0 heterocycles. The molecule has 4 heteroatoms. The van der Waals surface area contributed by atoms with Gasteiger partial charge in [-0.2, -0.15) is 0 Å². The fourth-order valence-electron chi connectivity index (χ4n) is 1.68. The molecule has 21 heavy (non-hydrogen) atoms. The Morgan fingerprint density at radius 3 is 2.05 bits per heavy atom. The zero-order chi connectivity index (χ0) is 16.3. The number of nitrogens with two attached hydrogens (primary N) is 1. The zero-order valence-corrected chi connectivity index (χ0v) is 15.4. The first kappa shape index (κ1) is 18.2. The lowest BCUT2D eigenvalue weighted by Gasteiger charge is -2.36. The molecule has 0 bridgehead atoms. The van der Waals surface area contributed by atoms with Gasteiger partial charge in [0.15, 0.2) is 0 Å². The molecule has 1 aromatic carbocycles. The summed E-state index contributed by atoms with van der Waals surface area (Å²) in [5.74, 6) is 0.947. The van der Waals surface area contributed by atoms with E-state index in [4.69, 9.17) is 10.2 Å². The van der Waals surface area contributed by atoms with Crippen LogP contribution in [0.15, 0.2) is 24.3 Å². The van der Waals surface area contributed by atoms with E-state index in [1.807, 2.05) is 19.1 Å². The lowest BCUT2D eigenvalue weighted by atomic mass is 9.95. The van der Waals surface area contributed by atoms with Crippen LogP contribution in [0.4, 0.5) is 0 Å². The van der Waals surface area contributed by atoms with Gasteiger partial charge in [-0.3, -0.25) is 0 Å². The Bertz CT molecular complexity index is 447. The van der Waals surface area contributed by atoms with Crippen molar-refractivity contribution in [2.75, 3.05) is 6.61 Å². The third kappa shape index (κ3) is 5.45. The van der Waals surface area contributed by atoms with Gasteiger partial charge in [0.2, 0.25) is 8.32 Å². The standard InChI is InChI=1S/C17H31NO2Si/c1-16(2,3)21(5,6)20-15-9-7-14(8-10-15)11-12-17(4,18)13-19/h7-10,19H,11-13,18H2,1-6H3/t17-/m1/s1. The van der Waals surface area contributed by atoms with Gasteiger partial charge in [0, 0.05) is 5.54 Å². The summed E-state index contributed by atoms with van der Waals surface area (Å²) in [5, 5.41) is 9.38. The molecule has 120 valence electrons. The SMILES string of the molecule is CC(C)(C)[Si](C)(C)Oc1ccc(CC[C@@](C)(N)CO)cc1. The molecule has 0 amide bonds.